The van der Waals surface area contributed by atoms with Crippen molar-refractivity contribution in [2.24, 2.45) is 0 Å². The summed E-state index contributed by atoms with van der Waals surface area (Å²) < 4.78 is 2.04. The Morgan fingerprint density at radius 1 is 1.62 bits per heavy atom. The van der Waals surface area contributed by atoms with Gasteiger partial charge in [0.05, 0.1) is 0 Å². The Labute approximate surface area is 64.7 Å². The van der Waals surface area contributed by atoms with Crippen molar-refractivity contribution in [3.8, 4) is 0 Å². The summed E-state index contributed by atoms with van der Waals surface area (Å²) in [6.07, 6.45) is 0. The molecule has 0 aliphatic heterocycles. The molecule has 0 bridgehead atoms. The number of rotatable bonds is 2. The van der Waals surface area contributed by atoms with Crippen molar-refractivity contribution in [3.05, 3.63) is 9.78 Å². The summed E-state index contributed by atoms with van der Waals surface area (Å²) in [5, 5.41) is 3.25. The average molecular weight is 225 g/mol. The first-order valence-corrected chi connectivity index (χ1v) is 3.95. The zero-order valence-corrected chi connectivity index (χ0v) is 7.69. The van der Waals surface area contributed by atoms with Gasteiger partial charge >= 0.3 is 0 Å². The Balaban J connectivity index is 3.39. The molecule has 0 saturated heterocycles. The molecule has 1 nitrogen and oxygen atoms in total. The molecule has 0 aliphatic carbocycles. The van der Waals surface area contributed by atoms with E-state index < -0.39 is 0 Å². The van der Waals surface area contributed by atoms with Crippen molar-refractivity contribution >= 4 is 22.6 Å². The molecule has 1 N–H and O–H groups in total. The van der Waals surface area contributed by atoms with E-state index in [-0.39, 0.29) is 0 Å². The van der Waals surface area contributed by atoms with Crippen LogP contribution in [0, 0.1) is 0 Å². The minimum absolute atomic E-state index is 0.556. The highest BCUT2D eigenvalue weighted by atomic mass is 127. The van der Waals surface area contributed by atoms with Gasteiger partial charge in [-0.2, -0.15) is 0 Å². The minimum atomic E-state index is 0.556. The smallest absolute Gasteiger partial charge is 0.0201 e. The molecule has 2 heteroatoms. The van der Waals surface area contributed by atoms with Crippen molar-refractivity contribution in [1.29, 1.82) is 0 Å². The van der Waals surface area contributed by atoms with Gasteiger partial charge in [0.25, 0.3) is 0 Å². The first-order chi connectivity index (χ1) is 3.66. The number of halogens is 1. The van der Waals surface area contributed by atoms with E-state index in [0.29, 0.717) is 6.04 Å². The van der Waals surface area contributed by atoms with Gasteiger partial charge in [-0.1, -0.05) is 22.6 Å². The van der Waals surface area contributed by atoms with Gasteiger partial charge in [0.2, 0.25) is 0 Å². The van der Waals surface area contributed by atoms with E-state index in [1.54, 1.807) is 0 Å². The van der Waals surface area contributed by atoms with Gasteiger partial charge in [0, 0.05) is 11.7 Å². The van der Waals surface area contributed by atoms with Crippen LogP contribution < -0.4 is 5.32 Å². The third-order valence-corrected chi connectivity index (χ3v) is 1.61. The van der Waals surface area contributed by atoms with E-state index in [4.69, 9.17) is 0 Å². The second-order valence-corrected chi connectivity index (χ2v) is 2.71. The van der Waals surface area contributed by atoms with Gasteiger partial charge in [-0.25, -0.2) is 0 Å². The Morgan fingerprint density at radius 3 is 2.25 bits per heavy atom. The number of allylic oxidation sites excluding steroid dienone is 1. The molecule has 0 aromatic heterocycles. The van der Waals surface area contributed by atoms with Crippen molar-refractivity contribution < 1.29 is 0 Å². The predicted octanol–water partition coefficient (Wildman–Crippen LogP) is 2.28. The lowest BCUT2D eigenvalue weighted by molar-refractivity contribution is 0.671. The van der Waals surface area contributed by atoms with E-state index in [1.807, 2.05) is 4.08 Å². The van der Waals surface area contributed by atoms with Gasteiger partial charge in [-0.3, -0.25) is 0 Å². The van der Waals surface area contributed by atoms with Crippen LogP contribution in [0.2, 0.25) is 0 Å². The zero-order valence-electron chi connectivity index (χ0n) is 5.53. The molecular weight excluding hydrogens is 213 g/mol. The van der Waals surface area contributed by atoms with Gasteiger partial charge < -0.3 is 5.32 Å². The second-order valence-electron chi connectivity index (χ2n) is 2.09. The molecule has 0 amide bonds. The van der Waals surface area contributed by atoms with Crippen molar-refractivity contribution in [1.82, 2.24) is 5.32 Å². The van der Waals surface area contributed by atoms with Gasteiger partial charge in [-0.15, -0.1) is 0 Å². The molecule has 0 atom stereocenters. The molecule has 0 aliphatic rings. The fourth-order valence-corrected chi connectivity index (χ4v) is 0.667. The van der Waals surface area contributed by atoms with Crippen LogP contribution in [0.15, 0.2) is 9.78 Å². The molecule has 0 fully saturated rings. The molecule has 0 radical (unpaired) electrons. The monoisotopic (exact) mass is 225 g/mol. The minimum Gasteiger partial charge on any atom is -0.386 e. The summed E-state index contributed by atoms with van der Waals surface area (Å²) in [7, 11) is 0. The van der Waals surface area contributed by atoms with Crippen LogP contribution in [0.25, 0.3) is 0 Å². The standard InChI is InChI=1S/C6H12IN/c1-5(2)8-6(3)4-7/h4-5,8H,1-3H3/b6-4+. The molecular formula is C6H12IN. The average Bonchev–Trinajstić information content (AvgIpc) is 1.65. The lowest BCUT2D eigenvalue weighted by Crippen LogP contribution is -2.19. The van der Waals surface area contributed by atoms with Gasteiger partial charge in [-0.05, 0) is 24.9 Å². The molecule has 0 rings (SSSR count). The third-order valence-electron chi connectivity index (χ3n) is 0.680. The maximum atomic E-state index is 3.25. The molecule has 0 spiro atoms. The SMILES string of the molecule is C/C(=C\I)NC(C)C. The van der Waals surface area contributed by atoms with E-state index in [1.165, 1.54) is 5.70 Å². The number of nitrogens with one attached hydrogen (secondary N) is 1. The molecule has 0 saturated carbocycles. The van der Waals surface area contributed by atoms with Crippen molar-refractivity contribution in [2.45, 2.75) is 26.8 Å². The molecule has 8 heavy (non-hydrogen) atoms. The van der Waals surface area contributed by atoms with Gasteiger partial charge in [0.1, 0.15) is 0 Å². The number of hydrogen-bond donors (Lipinski definition) is 1. The first-order valence-electron chi connectivity index (χ1n) is 2.70. The Morgan fingerprint density at radius 2 is 2.12 bits per heavy atom. The molecule has 0 unspecified atom stereocenters. The maximum absolute atomic E-state index is 3.25. The normalized spacial score (nSPS) is 12.4. The third kappa shape index (κ3) is 4.43. The fraction of sp³-hybridized carbons (Fsp3) is 0.667. The molecule has 0 aromatic carbocycles. The Kier molecular flexibility index (Phi) is 4.32. The van der Waals surface area contributed by atoms with Crippen LogP contribution in [0.4, 0.5) is 0 Å². The van der Waals surface area contributed by atoms with Crippen LogP contribution in [0.1, 0.15) is 20.8 Å². The predicted molar refractivity (Wildman–Crippen MR) is 46.0 cm³/mol. The van der Waals surface area contributed by atoms with Crippen LogP contribution in [0.5, 0.6) is 0 Å². The van der Waals surface area contributed by atoms with Crippen LogP contribution in [-0.4, -0.2) is 6.04 Å². The quantitative estimate of drug-likeness (QED) is 0.711. The van der Waals surface area contributed by atoms with Crippen LogP contribution in [0.3, 0.4) is 0 Å². The summed E-state index contributed by atoms with van der Waals surface area (Å²) in [6.45, 7) is 6.32. The second kappa shape index (κ2) is 4.18. The van der Waals surface area contributed by atoms with Gasteiger partial charge in [0.15, 0.2) is 0 Å². The first kappa shape index (κ1) is 8.27. The van der Waals surface area contributed by atoms with E-state index in [2.05, 4.69) is 48.7 Å². The van der Waals surface area contributed by atoms with Crippen molar-refractivity contribution in [2.75, 3.05) is 0 Å². The summed E-state index contributed by atoms with van der Waals surface area (Å²) in [6, 6.07) is 0.556. The van der Waals surface area contributed by atoms with Crippen molar-refractivity contribution in [3.63, 3.8) is 0 Å². The van der Waals surface area contributed by atoms with Crippen LogP contribution >= 0.6 is 22.6 Å². The Hall–Kier alpha value is 0.270. The molecule has 0 heterocycles. The summed E-state index contributed by atoms with van der Waals surface area (Å²) in [5.74, 6) is 0. The molecule has 0 aromatic rings. The van der Waals surface area contributed by atoms with E-state index >= 15 is 0 Å². The topological polar surface area (TPSA) is 12.0 Å². The highest BCUT2D eigenvalue weighted by Crippen LogP contribution is 1.93. The highest BCUT2D eigenvalue weighted by Gasteiger charge is 1.88. The lowest BCUT2D eigenvalue weighted by Gasteiger charge is -2.07. The maximum Gasteiger partial charge on any atom is 0.0201 e. The lowest BCUT2D eigenvalue weighted by atomic mass is 10.4. The number of hydrogen-bond acceptors (Lipinski definition) is 1. The highest BCUT2D eigenvalue weighted by molar-refractivity contribution is 14.1. The summed E-state index contributed by atoms with van der Waals surface area (Å²) >= 11 is 2.22. The fourth-order valence-electron chi connectivity index (χ4n) is 0.487. The summed E-state index contributed by atoms with van der Waals surface area (Å²) in [4.78, 5) is 0. The van der Waals surface area contributed by atoms with Crippen LogP contribution in [-0.2, 0) is 0 Å². The zero-order chi connectivity index (χ0) is 6.57. The van der Waals surface area contributed by atoms with E-state index in [0.717, 1.165) is 0 Å². The Bertz CT molecular complexity index is 86.5. The molecule has 48 valence electrons. The summed E-state index contributed by atoms with van der Waals surface area (Å²) in [5.41, 5.74) is 1.24. The largest absolute Gasteiger partial charge is 0.386 e. The van der Waals surface area contributed by atoms with E-state index in [9.17, 15) is 0 Å².